The number of carboxylic acids is 1. The molecule has 3 N–H and O–H groups in total. The van der Waals surface area contributed by atoms with E-state index in [0.717, 1.165) is 11.1 Å². The number of carbonyl (C=O) groups excluding carboxylic acids is 2. The van der Waals surface area contributed by atoms with Crippen molar-refractivity contribution < 1.29 is 24.2 Å². The molecule has 0 saturated heterocycles. The third-order valence-corrected chi connectivity index (χ3v) is 6.36. The average Bonchev–Trinajstić information content (AvgIpc) is 3.57. The summed E-state index contributed by atoms with van der Waals surface area (Å²) >= 11 is 0. The van der Waals surface area contributed by atoms with E-state index in [2.05, 4.69) is 39.9 Å². The van der Waals surface area contributed by atoms with E-state index in [0.29, 0.717) is 18.7 Å². The summed E-state index contributed by atoms with van der Waals surface area (Å²) in [5, 5.41) is 14.5. The largest absolute Gasteiger partial charge is 0.478 e. The fourth-order valence-electron chi connectivity index (χ4n) is 4.52. The summed E-state index contributed by atoms with van der Waals surface area (Å²) < 4.78 is 5.53. The number of fused-ring (bicyclic) bond motifs is 3. The van der Waals surface area contributed by atoms with Gasteiger partial charge < -0.3 is 20.5 Å². The third-order valence-electron chi connectivity index (χ3n) is 6.36. The minimum atomic E-state index is -1.11. The van der Waals surface area contributed by atoms with Crippen molar-refractivity contribution in [1.29, 1.82) is 0 Å². The lowest BCUT2D eigenvalue weighted by atomic mass is 9.98. The highest BCUT2D eigenvalue weighted by Gasteiger charge is 2.43. The van der Waals surface area contributed by atoms with Crippen LogP contribution < -0.4 is 10.6 Å². The zero-order valence-electron chi connectivity index (χ0n) is 18.2. The molecule has 3 aromatic rings. The van der Waals surface area contributed by atoms with Crippen molar-refractivity contribution in [2.45, 2.75) is 12.3 Å². The quantitative estimate of drug-likeness (QED) is 0.495. The van der Waals surface area contributed by atoms with Gasteiger partial charge in [-0.15, -0.1) is 0 Å². The van der Waals surface area contributed by atoms with Gasteiger partial charge in [0.05, 0.1) is 17.4 Å². The third kappa shape index (κ3) is 4.34. The van der Waals surface area contributed by atoms with Gasteiger partial charge in [0, 0.05) is 24.6 Å². The maximum Gasteiger partial charge on any atom is 0.407 e. The number of carbonyl (C=O) groups is 3. The summed E-state index contributed by atoms with van der Waals surface area (Å²) in [6.07, 6.45) is 2.75. The molecule has 1 saturated carbocycles. The van der Waals surface area contributed by atoms with Crippen LogP contribution in [-0.2, 0) is 9.53 Å². The Balaban J connectivity index is 1.10. The number of nitrogens with zero attached hydrogens (tertiary/aromatic N) is 1. The first-order valence-corrected chi connectivity index (χ1v) is 11.1. The fourth-order valence-corrected chi connectivity index (χ4v) is 4.52. The van der Waals surface area contributed by atoms with Crippen LogP contribution in [0.1, 0.15) is 33.8 Å². The lowest BCUT2D eigenvalue weighted by molar-refractivity contribution is -0.117. The second-order valence-corrected chi connectivity index (χ2v) is 8.57. The maximum absolute atomic E-state index is 12.4. The van der Waals surface area contributed by atoms with Crippen LogP contribution in [-0.4, -0.2) is 41.2 Å². The van der Waals surface area contributed by atoms with Crippen molar-refractivity contribution in [2.75, 3.05) is 18.5 Å². The van der Waals surface area contributed by atoms with Gasteiger partial charge in [-0.2, -0.15) is 0 Å². The monoisotopic (exact) mass is 457 g/mol. The molecule has 0 radical (unpaired) electrons. The zero-order valence-corrected chi connectivity index (χ0v) is 18.2. The van der Waals surface area contributed by atoms with Gasteiger partial charge in [0.15, 0.2) is 0 Å². The molecule has 172 valence electrons. The molecule has 34 heavy (non-hydrogen) atoms. The van der Waals surface area contributed by atoms with E-state index >= 15 is 0 Å². The van der Waals surface area contributed by atoms with E-state index in [4.69, 9.17) is 9.84 Å². The minimum absolute atomic E-state index is 0.00192. The summed E-state index contributed by atoms with van der Waals surface area (Å²) in [6.45, 7) is 0.573. The van der Waals surface area contributed by atoms with Gasteiger partial charge in [0.1, 0.15) is 6.61 Å². The van der Waals surface area contributed by atoms with E-state index in [-0.39, 0.29) is 35.8 Å². The molecule has 8 heteroatoms. The van der Waals surface area contributed by atoms with E-state index in [1.54, 1.807) is 0 Å². The molecule has 0 aliphatic heterocycles. The standard InChI is InChI=1S/C26H23N3O5/c30-24(29-17-9-16(25(31)32)11-27-13-17)22-10-15(22)12-28-26(33)34-14-23-20-7-3-1-5-18(20)19-6-2-4-8-21(19)23/h1-9,11,13,15,22-23H,10,12,14H2,(H,28,33)(H,29,30)(H,31,32)/t15-,22-/m1/s1. The van der Waals surface area contributed by atoms with Gasteiger partial charge in [-0.3, -0.25) is 9.78 Å². The lowest BCUT2D eigenvalue weighted by Crippen LogP contribution is -2.29. The van der Waals surface area contributed by atoms with Gasteiger partial charge in [0.2, 0.25) is 5.91 Å². The van der Waals surface area contributed by atoms with E-state index < -0.39 is 12.1 Å². The highest BCUT2D eigenvalue weighted by Crippen LogP contribution is 2.44. The maximum atomic E-state index is 12.4. The van der Waals surface area contributed by atoms with Crippen LogP contribution in [0.2, 0.25) is 0 Å². The van der Waals surface area contributed by atoms with Crippen LogP contribution in [0.4, 0.5) is 10.5 Å². The molecule has 2 aliphatic rings. The first-order valence-electron chi connectivity index (χ1n) is 11.1. The topological polar surface area (TPSA) is 118 Å². The summed E-state index contributed by atoms with van der Waals surface area (Å²) in [7, 11) is 0. The summed E-state index contributed by atoms with van der Waals surface area (Å²) in [5.74, 6) is -1.57. The molecule has 5 rings (SSSR count). The first kappa shape index (κ1) is 21.6. The molecular formula is C26H23N3O5. The highest BCUT2D eigenvalue weighted by molar-refractivity contribution is 5.96. The molecule has 2 amide bonds. The number of nitrogens with one attached hydrogen (secondary N) is 2. The van der Waals surface area contributed by atoms with Gasteiger partial charge in [-0.05, 0) is 40.7 Å². The molecule has 0 spiro atoms. The molecule has 1 heterocycles. The smallest absolute Gasteiger partial charge is 0.407 e. The molecule has 0 bridgehead atoms. The number of hydrogen-bond donors (Lipinski definition) is 3. The normalized spacial score (nSPS) is 17.9. The number of benzene rings is 2. The Labute approximate surface area is 196 Å². The fraction of sp³-hybridized carbons (Fsp3) is 0.231. The molecule has 2 atom stereocenters. The summed E-state index contributed by atoms with van der Waals surface area (Å²) in [4.78, 5) is 39.6. The number of amides is 2. The Morgan fingerprint density at radius 2 is 1.68 bits per heavy atom. The number of pyridine rings is 1. The van der Waals surface area contributed by atoms with Gasteiger partial charge in [-0.25, -0.2) is 9.59 Å². The van der Waals surface area contributed by atoms with Crippen LogP contribution in [0.25, 0.3) is 11.1 Å². The molecule has 8 nitrogen and oxygen atoms in total. The Morgan fingerprint density at radius 3 is 2.35 bits per heavy atom. The van der Waals surface area contributed by atoms with Gasteiger partial charge in [-0.1, -0.05) is 48.5 Å². The van der Waals surface area contributed by atoms with Crippen molar-refractivity contribution in [3.8, 4) is 11.1 Å². The predicted octanol–water partition coefficient (Wildman–Crippen LogP) is 3.89. The molecule has 1 aromatic heterocycles. The number of ether oxygens (including phenoxy) is 1. The minimum Gasteiger partial charge on any atom is -0.478 e. The average molecular weight is 457 g/mol. The van der Waals surface area contributed by atoms with Crippen LogP contribution in [0, 0.1) is 11.8 Å². The number of hydrogen-bond acceptors (Lipinski definition) is 5. The molecule has 0 unspecified atom stereocenters. The first-order chi connectivity index (χ1) is 16.5. The molecule has 2 aliphatic carbocycles. The van der Waals surface area contributed by atoms with Crippen LogP contribution >= 0.6 is 0 Å². The van der Waals surface area contributed by atoms with E-state index in [9.17, 15) is 14.4 Å². The van der Waals surface area contributed by atoms with E-state index in [1.165, 1.54) is 29.6 Å². The Morgan fingerprint density at radius 1 is 1.00 bits per heavy atom. The SMILES string of the molecule is O=C(NC[C@H]1C[C@H]1C(=O)Nc1cncc(C(=O)O)c1)OCC1c2ccccc2-c2ccccc21. The molecule has 1 fully saturated rings. The molecular weight excluding hydrogens is 434 g/mol. The van der Waals surface area contributed by atoms with Crippen molar-refractivity contribution in [1.82, 2.24) is 10.3 Å². The van der Waals surface area contributed by atoms with Gasteiger partial charge in [0.25, 0.3) is 0 Å². The van der Waals surface area contributed by atoms with Crippen molar-refractivity contribution in [3.63, 3.8) is 0 Å². The van der Waals surface area contributed by atoms with Crippen LogP contribution in [0.3, 0.4) is 0 Å². The summed E-state index contributed by atoms with van der Waals surface area (Å²) in [6, 6.07) is 17.7. The number of aromatic carboxylic acids is 1. The van der Waals surface area contributed by atoms with E-state index in [1.807, 2.05) is 24.3 Å². The van der Waals surface area contributed by atoms with Crippen molar-refractivity contribution >= 4 is 23.7 Å². The number of aromatic nitrogens is 1. The summed E-state index contributed by atoms with van der Waals surface area (Å²) in [5.41, 5.74) is 4.97. The Bertz CT molecular complexity index is 1230. The lowest BCUT2D eigenvalue weighted by Gasteiger charge is -2.14. The highest BCUT2D eigenvalue weighted by atomic mass is 16.5. The second kappa shape index (κ2) is 8.97. The Hall–Kier alpha value is -4.20. The number of carboxylic acid groups (broad SMARTS) is 1. The predicted molar refractivity (Wildman–Crippen MR) is 124 cm³/mol. The van der Waals surface area contributed by atoms with Crippen LogP contribution in [0.5, 0.6) is 0 Å². The van der Waals surface area contributed by atoms with Crippen molar-refractivity contribution in [2.24, 2.45) is 11.8 Å². The van der Waals surface area contributed by atoms with Crippen LogP contribution in [0.15, 0.2) is 67.0 Å². The Kier molecular flexibility index (Phi) is 5.71. The van der Waals surface area contributed by atoms with Crippen molar-refractivity contribution in [3.05, 3.63) is 83.7 Å². The second-order valence-electron chi connectivity index (χ2n) is 8.57. The van der Waals surface area contributed by atoms with Gasteiger partial charge >= 0.3 is 12.1 Å². The number of alkyl carbamates (subject to hydrolysis) is 1. The molecule has 2 aromatic carbocycles. The number of rotatable bonds is 7. The number of anilines is 1. The zero-order chi connectivity index (χ0) is 23.7.